The topological polar surface area (TPSA) is 98.3 Å². The highest BCUT2D eigenvalue weighted by atomic mass is 32.1. The molecule has 0 spiro atoms. The van der Waals surface area contributed by atoms with Crippen molar-refractivity contribution in [1.82, 2.24) is 29.4 Å². The second kappa shape index (κ2) is 11.5. The van der Waals surface area contributed by atoms with Gasteiger partial charge in [-0.2, -0.15) is 10.2 Å². The van der Waals surface area contributed by atoms with E-state index in [1.807, 2.05) is 60.6 Å². The molecule has 1 N–H and O–H groups in total. The van der Waals surface area contributed by atoms with Crippen molar-refractivity contribution in [2.75, 3.05) is 13.2 Å². The minimum atomic E-state index is -0.870. The Bertz CT molecular complexity index is 2170. The number of hydrogen-bond donors (Lipinski definition) is 1. The fraction of sp³-hybridized carbons (Fsp3) is 0.235. The number of aliphatic hydroxyl groups is 1. The first-order valence-corrected chi connectivity index (χ1v) is 15.7. The van der Waals surface area contributed by atoms with Gasteiger partial charge in [0, 0.05) is 58.5 Å². The third-order valence-corrected chi connectivity index (χ3v) is 9.14. The molecule has 0 bridgehead atoms. The van der Waals surface area contributed by atoms with Gasteiger partial charge in [-0.1, -0.05) is 12.6 Å². The maximum Gasteiger partial charge on any atom is 0.246 e. The molecule has 2 atom stereocenters. The van der Waals surface area contributed by atoms with Gasteiger partial charge < -0.3 is 14.7 Å². The highest BCUT2D eigenvalue weighted by molar-refractivity contribution is 7.18. The van der Waals surface area contributed by atoms with Crippen LogP contribution in [0.1, 0.15) is 25.6 Å². The Hall–Kier alpha value is -4.94. The zero-order valence-electron chi connectivity index (χ0n) is 25.4. The van der Waals surface area contributed by atoms with Crippen LogP contribution < -0.4 is 4.74 Å². The third kappa shape index (κ3) is 5.03. The number of carbonyl (C=O) groups excluding carboxylic acids is 1. The molecular formula is C34H30F2N6O3S. The van der Waals surface area contributed by atoms with E-state index in [9.17, 15) is 14.3 Å². The summed E-state index contributed by atoms with van der Waals surface area (Å²) in [5.41, 5.74) is 4.39. The van der Waals surface area contributed by atoms with Crippen LogP contribution in [0.2, 0.25) is 0 Å². The zero-order valence-corrected chi connectivity index (χ0v) is 26.2. The molecular weight excluding hydrogens is 610 g/mol. The lowest BCUT2D eigenvalue weighted by atomic mass is 9.96. The van der Waals surface area contributed by atoms with Gasteiger partial charge in [-0.25, -0.2) is 13.8 Å². The summed E-state index contributed by atoms with van der Waals surface area (Å²) in [6.45, 7) is 7.83. The van der Waals surface area contributed by atoms with Gasteiger partial charge in [0.15, 0.2) is 0 Å². The number of halogens is 2. The van der Waals surface area contributed by atoms with Gasteiger partial charge in [0.25, 0.3) is 0 Å². The number of thiophene rings is 1. The summed E-state index contributed by atoms with van der Waals surface area (Å²) in [5, 5.41) is 23.0. The lowest BCUT2D eigenvalue weighted by Gasteiger charge is -2.33. The first-order valence-electron chi connectivity index (χ1n) is 14.8. The molecule has 0 saturated carbocycles. The van der Waals surface area contributed by atoms with Gasteiger partial charge >= 0.3 is 0 Å². The molecule has 1 aliphatic heterocycles. The van der Waals surface area contributed by atoms with E-state index >= 15 is 4.39 Å². The smallest absolute Gasteiger partial charge is 0.246 e. The van der Waals surface area contributed by atoms with Crippen LogP contribution >= 0.6 is 11.3 Å². The summed E-state index contributed by atoms with van der Waals surface area (Å²) in [5.74, 6) is -1.87. The van der Waals surface area contributed by atoms with Crippen LogP contribution in [-0.4, -0.2) is 59.7 Å². The highest BCUT2D eigenvalue weighted by Crippen LogP contribution is 2.47. The van der Waals surface area contributed by atoms with E-state index < -0.39 is 17.7 Å². The summed E-state index contributed by atoms with van der Waals surface area (Å²) in [7, 11) is 1.86. The molecule has 0 radical (unpaired) electrons. The van der Waals surface area contributed by atoms with E-state index in [0.29, 0.717) is 40.4 Å². The number of rotatable bonds is 7. The minimum absolute atomic E-state index is 0.0220. The first-order chi connectivity index (χ1) is 22.1. The number of amides is 1. The van der Waals surface area contributed by atoms with Crippen molar-refractivity contribution >= 4 is 38.2 Å². The molecule has 0 fully saturated rings. The molecule has 0 aliphatic carbocycles. The lowest BCUT2D eigenvalue weighted by Crippen LogP contribution is -2.40. The van der Waals surface area contributed by atoms with E-state index in [2.05, 4.69) is 11.7 Å². The van der Waals surface area contributed by atoms with Crippen molar-refractivity contribution in [2.24, 2.45) is 7.05 Å². The van der Waals surface area contributed by atoms with Crippen molar-refractivity contribution in [3.63, 3.8) is 0 Å². The molecule has 4 aromatic heterocycles. The van der Waals surface area contributed by atoms with Crippen molar-refractivity contribution < 1.29 is 23.4 Å². The fourth-order valence-corrected chi connectivity index (χ4v) is 7.06. The minimum Gasteiger partial charge on any atom is -0.490 e. The van der Waals surface area contributed by atoms with Gasteiger partial charge in [-0.3, -0.25) is 14.2 Å². The molecule has 0 unspecified atom stereocenters. The number of aryl methyl sites for hydroxylation is 1. The van der Waals surface area contributed by atoms with E-state index in [0.717, 1.165) is 39.7 Å². The maximum absolute atomic E-state index is 16.0. The monoisotopic (exact) mass is 640 g/mol. The molecule has 6 aromatic rings. The summed E-state index contributed by atoms with van der Waals surface area (Å²) in [6.07, 6.45) is 2.36. The molecule has 5 heterocycles. The molecule has 1 amide bonds. The number of aromatic nitrogens is 5. The number of nitrogens with zero attached hydrogens (tertiary/aromatic N) is 6. The number of hydrogen-bond acceptors (Lipinski definition) is 7. The van der Waals surface area contributed by atoms with Crippen LogP contribution in [0.15, 0.2) is 66.7 Å². The van der Waals surface area contributed by atoms with E-state index in [4.69, 9.17) is 14.8 Å². The normalized spacial score (nSPS) is 15.3. The summed E-state index contributed by atoms with van der Waals surface area (Å²) < 4.78 is 40.7. The first kappa shape index (κ1) is 29.8. The summed E-state index contributed by atoms with van der Waals surface area (Å²) in [4.78, 5) is 19.5. The summed E-state index contributed by atoms with van der Waals surface area (Å²) >= 11 is 1.40. The molecule has 12 heteroatoms. The molecule has 0 saturated heterocycles. The number of aliphatic hydroxyl groups excluding tert-OH is 1. The average molecular weight is 641 g/mol. The Morgan fingerprint density at radius 1 is 1.15 bits per heavy atom. The highest BCUT2D eigenvalue weighted by Gasteiger charge is 2.31. The van der Waals surface area contributed by atoms with Crippen LogP contribution in [0, 0.1) is 11.6 Å². The molecule has 2 aromatic carbocycles. The van der Waals surface area contributed by atoms with Gasteiger partial charge in [0.05, 0.1) is 41.2 Å². The van der Waals surface area contributed by atoms with Crippen molar-refractivity contribution in [1.29, 1.82) is 0 Å². The van der Waals surface area contributed by atoms with Crippen LogP contribution in [-0.2, 0) is 18.4 Å². The Morgan fingerprint density at radius 2 is 1.98 bits per heavy atom. The molecule has 234 valence electrons. The Kier molecular flexibility index (Phi) is 7.41. The van der Waals surface area contributed by atoms with Gasteiger partial charge in [-0.05, 0) is 49.6 Å². The largest absolute Gasteiger partial charge is 0.490 e. The molecule has 7 rings (SSSR count). The second-order valence-corrected chi connectivity index (χ2v) is 12.3. The molecule has 9 nitrogen and oxygen atoms in total. The zero-order chi connectivity index (χ0) is 32.3. The van der Waals surface area contributed by atoms with Crippen LogP contribution in [0.3, 0.4) is 0 Å². The second-order valence-electron chi connectivity index (χ2n) is 11.4. The predicted octanol–water partition coefficient (Wildman–Crippen LogP) is 6.51. The van der Waals surface area contributed by atoms with E-state index in [-0.39, 0.29) is 29.9 Å². The quantitative estimate of drug-likeness (QED) is 0.200. The van der Waals surface area contributed by atoms with Gasteiger partial charge in [0.1, 0.15) is 35.4 Å². The fourth-order valence-electron chi connectivity index (χ4n) is 6.11. The van der Waals surface area contributed by atoms with E-state index in [1.165, 1.54) is 24.3 Å². The number of fused-ring (bicyclic) bond motifs is 3. The average Bonchev–Trinajstić information content (AvgIpc) is 3.77. The molecule has 46 heavy (non-hydrogen) atoms. The van der Waals surface area contributed by atoms with Crippen molar-refractivity contribution in [2.45, 2.75) is 32.5 Å². The van der Waals surface area contributed by atoms with Crippen LogP contribution in [0.5, 0.6) is 5.75 Å². The van der Waals surface area contributed by atoms with Gasteiger partial charge in [-0.15, -0.1) is 11.3 Å². The van der Waals surface area contributed by atoms with E-state index in [1.54, 1.807) is 9.58 Å². The van der Waals surface area contributed by atoms with Crippen molar-refractivity contribution in [3.8, 4) is 39.5 Å². The summed E-state index contributed by atoms with van der Waals surface area (Å²) in [6, 6.07) is 11.3. The number of ether oxygens (including phenoxy) is 1. The Labute approximate surface area is 267 Å². The Balaban J connectivity index is 1.51. The standard InChI is InChI=1S/C34H30F2N6O3S/c1-5-29(44)41-9-10-42-27(19(41)3)15-26(39-42)33-31(30-24(36)13-22(35)14-28(30)45-17-18(2)43)34-23(8-11-46-34)32(37-33)20-6-7-25-21(12-20)16-40(4)38-25/h5-8,11-16,18-19,43H,1,9-10,17H2,2-4H3/t18-,19+/m1/s1. The molecule has 1 aliphatic rings. The lowest BCUT2D eigenvalue weighted by molar-refractivity contribution is -0.129. The predicted molar refractivity (Wildman–Crippen MR) is 173 cm³/mol. The van der Waals surface area contributed by atoms with Crippen LogP contribution in [0.25, 0.3) is 54.8 Å². The number of carbonyl (C=O) groups is 1. The van der Waals surface area contributed by atoms with Crippen molar-refractivity contribution in [3.05, 3.63) is 84.0 Å². The maximum atomic E-state index is 16.0. The van der Waals surface area contributed by atoms with Gasteiger partial charge in [0.2, 0.25) is 5.91 Å². The third-order valence-electron chi connectivity index (χ3n) is 8.21. The SMILES string of the molecule is C=CC(=O)N1CCn2nc(-c3nc(-c4ccc5nn(C)cc5c4)c4ccsc4c3-c3c(F)cc(F)cc3OC[C@@H](C)O)cc2[C@@H]1C. The Morgan fingerprint density at radius 3 is 2.76 bits per heavy atom. The number of benzene rings is 2. The van der Waals surface area contributed by atoms with Crippen LogP contribution in [0.4, 0.5) is 8.78 Å². The number of pyridine rings is 1.